The number of benzene rings is 2. The molecule has 1 N–H and O–H groups in total. The minimum Gasteiger partial charge on any atom is -0.375 e. The van der Waals surface area contributed by atoms with Crippen LogP contribution < -0.4 is 5.32 Å². The van der Waals surface area contributed by atoms with Crippen molar-refractivity contribution in [3.8, 4) is 0 Å². The smallest absolute Gasteiger partial charge is 0.257 e. The molecule has 1 amide bonds. The first kappa shape index (κ1) is 21.5. The molecule has 0 bridgehead atoms. The number of alkyl halides is 1. The summed E-state index contributed by atoms with van der Waals surface area (Å²) in [6.45, 7) is -0.597. The van der Waals surface area contributed by atoms with Crippen LogP contribution in [-0.4, -0.2) is 35.7 Å². The van der Waals surface area contributed by atoms with E-state index in [4.69, 9.17) is 9.73 Å². The Balaban J connectivity index is 1.55. The van der Waals surface area contributed by atoms with Gasteiger partial charge in [0.1, 0.15) is 23.8 Å². The first-order valence-electron chi connectivity index (χ1n) is 10.8. The number of halogens is 3. The van der Waals surface area contributed by atoms with Crippen LogP contribution in [0.1, 0.15) is 35.2 Å². The maximum atomic E-state index is 15.0. The van der Waals surface area contributed by atoms with Crippen LogP contribution in [0.5, 0.6) is 0 Å². The first-order valence-corrected chi connectivity index (χ1v) is 11.6. The predicted octanol–water partition coefficient (Wildman–Crippen LogP) is 4.85. The number of hydrogen-bond acceptors (Lipinski definition) is 4. The van der Waals surface area contributed by atoms with E-state index in [1.54, 1.807) is 30.3 Å². The van der Waals surface area contributed by atoms with E-state index in [0.29, 0.717) is 17.9 Å². The maximum Gasteiger partial charge on any atom is 0.257 e. The fourth-order valence-electron chi connectivity index (χ4n) is 4.79. The SMILES string of the molecule is O=C(NC1=NC2(c3ccc(F)cc3F)COC(C3CC3)CC2C(CF)S1)c1ccccc1. The van der Waals surface area contributed by atoms with Crippen molar-refractivity contribution in [3.63, 3.8) is 0 Å². The number of hydrogen-bond donors (Lipinski definition) is 1. The average molecular weight is 461 g/mol. The summed E-state index contributed by atoms with van der Waals surface area (Å²) < 4.78 is 49.1. The average Bonchev–Trinajstić information content (AvgIpc) is 3.64. The van der Waals surface area contributed by atoms with Crippen molar-refractivity contribution >= 4 is 22.8 Å². The number of nitrogens with one attached hydrogen (secondary N) is 1. The Labute approximate surface area is 188 Å². The van der Waals surface area contributed by atoms with Gasteiger partial charge in [-0.1, -0.05) is 36.0 Å². The largest absolute Gasteiger partial charge is 0.375 e. The van der Waals surface area contributed by atoms with Crippen molar-refractivity contribution in [1.82, 2.24) is 5.32 Å². The van der Waals surface area contributed by atoms with E-state index in [1.165, 1.54) is 23.9 Å². The van der Waals surface area contributed by atoms with Crippen LogP contribution in [0.3, 0.4) is 0 Å². The molecule has 0 radical (unpaired) electrons. The molecule has 1 saturated carbocycles. The Hall–Kier alpha value is -2.32. The lowest BCUT2D eigenvalue weighted by Gasteiger charge is -2.49. The summed E-state index contributed by atoms with van der Waals surface area (Å²) in [6.07, 6.45) is 2.68. The third-order valence-electron chi connectivity index (χ3n) is 6.58. The van der Waals surface area contributed by atoms with Crippen LogP contribution in [0.15, 0.2) is 53.5 Å². The second kappa shape index (κ2) is 8.56. The van der Waals surface area contributed by atoms with Gasteiger partial charge in [-0.3, -0.25) is 4.79 Å². The highest BCUT2D eigenvalue weighted by Gasteiger charge is 2.55. The molecule has 1 saturated heterocycles. The molecular formula is C24H23F3N2O2S. The van der Waals surface area contributed by atoms with E-state index < -0.39 is 29.1 Å². The van der Waals surface area contributed by atoms with Crippen LogP contribution in [-0.2, 0) is 10.3 Å². The Morgan fingerprint density at radius 3 is 2.66 bits per heavy atom. The fraction of sp³-hybridized carbons (Fsp3) is 0.417. The van der Waals surface area contributed by atoms with Crippen LogP contribution >= 0.6 is 11.8 Å². The zero-order valence-corrected chi connectivity index (χ0v) is 18.1. The topological polar surface area (TPSA) is 50.7 Å². The first-order chi connectivity index (χ1) is 15.5. The molecule has 4 atom stereocenters. The molecule has 2 fully saturated rings. The number of amidine groups is 1. The Bertz CT molecular complexity index is 1050. The summed E-state index contributed by atoms with van der Waals surface area (Å²) in [5, 5.41) is 2.44. The summed E-state index contributed by atoms with van der Waals surface area (Å²) >= 11 is 1.17. The number of ether oxygens (including phenoxy) is 1. The number of rotatable bonds is 4. The van der Waals surface area contributed by atoms with Gasteiger partial charge >= 0.3 is 0 Å². The van der Waals surface area contributed by atoms with Crippen LogP contribution in [0.4, 0.5) is 13.2 Å². The summed E-state index contributed by atoms with van der Waals surface area (Å²) in [5.74, 6) is -1.71. The highest BCUT2D eigenvalue weighted by atomic mass is 32.2. The van der Waals surface area contributed by atoms with Gasteiger partial charge in [0.15, 0.2) is 5.17 Å². The van der Waals surface area contributed by atoms with Gasteiger partial charge in [-0.05, 0) is 43.4 Å². The minimum atomic E-state index is -1.23. The molecule has 4 nitrogen and oxygen atoms in total. The molecule has 2 aliphatic heterocycles. The zero-order valence-electron chi connectivity index (χ0n) is 17.3. The number of aliphatic imine (C=N–C) groups is 1. The molecule has 2 heterocycles. The second-order valence-electron chi connectivity index (χ2n) is 8.63. The van der Waals surface area contributed by atoms with Gasteiger partial charge in [0.05, 0.1) is 12.7 Å². The minimum absolute atomic E-state index is 0.0121. The highest BCUT2D eigenvalue weighted by Crippen LogP contribution is 2.53. The van der Waals surface area contributed by atoms with Crippen LogP contribution in [0.25, 0.3) is 0 Å². The van der Waals surface area contributed by atoms with E-state index in [2.05, 4.69) is 5.32 Å². The van der Waals surface area contributed by atoms with Gasteiger partial charge in [-0.2, -0.15) is 0 Å². The molecule has 1 aliphatic carbocycles. The third kappa shape index (κ3) is 3.94. The van der Waals surface area contributed by atoms with Crippen molar-refractivity contribution in [2.24, 2.45) is 16.8 Å². The quantitative estimate of drug-likeness (QED) is 0.710. The molecule has 0 aromatic heterocycles. The van der Waals surface area contributed by atoms with E-state index in [-0.39, 0.29) is 35.3 Å². The zero-order chi connectivity index (χ0) is 22.3. The van der Waals surface area contributed by atoms with Gasteiger partial charge in [0, 0.05) is 28.4 Å². The van der Waals surface area contributed by atoms with Gasteiger partial charge < -0.3 is 10.1 Å². The lowest BCUT2D eigenvalue weighted by atomic mass is 9.72. The number of fused-ring (bicyclic) bond motifs is 1. The highest BCUT2D eigenvalue weighted by molar-refractivity contribution is 8.14. The number of carbonyl (C=O) groups is 1. The summed E-state index contributed by atoms with van der Waals surface area (Å²) in [4.78, 5) is 17.5. The summed E-state index contributed by atoms with van der Waals surface area (Å²) in [5.41, 5.74) is -0.626. The Morgan fingerprint density at radius 1 is 1.19 bits per heavy atom. The van der Waals surface area contributed by atoms with Crippen molar-refractivity contribution in [2.75, 3.05) is 13.3 Å². The predicted molar refractivity (Wildman–Crippen MR) is 117 cm³/mol. The standard InChI is InChI=1S/C24H23F3N2O2S/c25-12-21-18-11-20(14-6-7-14)31-13-24(18,17-9-8-16(26)10-19(17)27)29-23(32-21)28-22(30)15-4-2-1-3-5-15/h1-5,8-10,14,18,20-21H,6-7,11-13H2,(H,28,29,30). The molecule has 4 unspecified atom stereocenters. The lowest BCUT2D eigenvalue weighted by Crippen LogP contribution is -2.55. The molecule has 168 valence electrons. The molecule has 32 heavy (non-hydrogen) atoms. The van der Waals surface area contributed by atoms with E-state index in [9.17, 15) is 13.6 Å². The maximum absolute atomic E-state index is 15.0. The van der Waals surface area contributed by atoms with Gasteiger partial charge in [-0.25, -0.2) is 18.2 Å². The molecular weight excluding hydrogens is 437 g/mol. The number of carbonyl (C=O) groups excluding carboxylic acids is 1. The molecule has 8 heteroatoms. The van der Waals surface area contributed by atoms with E-state index in [1.807, 2.05) is 0 Å². The number of nitrogens with zero attached hydrogens (tertiary/aromatic N) is 1. The van der Waals surface area contributed by atoms with Gasteiger partial charge in [-0.15, -0.1) is 0 Å². The summed E-state index contributed by atoms with van der Waals surface area (Å²) in [7, 11) is 0. The van der Waals surface area contributed by atoms with Crippen LogP contribution in [0, 0.1) is 23.5 Å². The van der Waals surface area contributed by atoms with E-state index >= 15 is 4.39 Å². The molecule has 2 aromatic rings. The summed E-state index contributed by atoms with van der Waals surface area (Å²) in [6, 6.07) is 12.0. The Morgan fingerprint density at radius 2 is 1.97 bits per heavy atom. The molecule has 5 rings (SSSR count). The molecule has 0 spiro atoms. The lowest BCUT2D eigenvalue weighted by molar-refractivity contribution is -0.0736. The van der Waals surface area contributed by atoms with Gasteiger partial charge in [0.25, 0.3) is 5.91 Å². The van der Waals surface area contributed by atoms with Crippen molar-refractivity contribution in [3.05, 3.63) is 71.3 Å². The Kier molecular flexibility index (Phi) is 5.75. The normalized spacial score (nSPS) is 29.7. The second-order valence-corrected chi connectivity index (χ2v) is 9.85. The van der Waals surface area contributed by atoms with Crippen molar-refractivity contribution in [1.29, 1.82) is 0 Å². The fourth-order valence-corrected chi connectivity index (χ4v) is 6.01. The number of amides is 1. The van der Waals surface area contributed by atoms with Crippen molar-refractivity contribution in [2.45, 2.75) is 36.2 Å². The van der Waals surface area contributed by atoms with E-state index in [0.717, 1.165) is 18.9 Å². The molecule has 2 aromatic carbocycles. The van der Waals surface area contributed by atoms with Crippen molar-refractivity contribution < 1.29 is 22.7 Å². The van der Waals surface area contributed by atoms with Crippen LogP contribution in [0.2, 0.25) is 0 Å². The van der Waals surface area contributed by atoms with Gasteiger partial charge in [0.2, 0.25) is 0 Å². The monoisotopic (exact) mass is 460 g/mol. The number of thioether (sulfide) groups is 1. The third-order valence-corrected chi connectivity index (χ3v) is 7.76. The molecule has 3 aliphatic rings.